The molecule has 0 aliphatic heterocycles. The van der Waals surface area contributed by atoms with Gasteiger partial charge < -0.3 is 0 Å². The molecule has 0 aliphatic rings. The second kappa shape index (κ2) is 8.49. The minimum absolute atomic E-state index is 0.164. The van der Waals surface area contributed by atoms with Crippen molar-refractivity contribution in [1.82, 2.24) is 9.13 Å². The van der Waals surface area contributed by atoms with Gasteiger partial charge in [0.2, 0.25) is 0 Å². The van der Waals surface area contributed by atoms with Crippen molar-refractivity contribution >= 4 is 115 Å². The zero-order valence-electron chi connectivity index (χ0n) is 24.0. The molecule has 0 N–H and O–H groups in total. The van der Waals surface area contributed by atoms with Crippen molar-refractivity contribution in [3.05, 3.63) is 65.7 Å². The largest absolute Gasteiger partial charge is 0.271 e. The Kier molecular flexibility index (Phi) is 5.10. The average molecular weight is 623 g/mol. The van der Waals surface area contributed by atoms with E-state index < -0.39 is 0 Å². The highest BCUT2D eigenvalue weighted by atomic mass is 32.9. The first-order valence-corrected chi connectivity index (χ1v) is 17.9. The molecule has 214 valence electrons. The number of pyridine rings is 2. The Balaban J connectivity index is 1.63. The molecule has 0 amide bonds. The summed E-state index contributed by atoms with van der Waals surface area (Å²) in [4.78, 5) is 56.4. The van der Waals surface area contributed by atoms with Crippen LogP contribution in [0.5, 0.6) is 0 Å². The van der Waals surface area contributed by atoms with Gasteiger partial charge in [-0.15, -0.1) is 11.3 Å². The maximum atomic E-state index is 14.1. The molecule has 43 heavy (non-hydrogen) atoms. The molecule has 9 aromatic rings. The van der Waals surface area contributed by atoms with Crippen LogP contribution < -0.4 is 22.2 Å². The number of hydrogen-bond acceptors (Lipinski definition) is 7. The van der Waals surface area contributed by atoms with Gasteiger partial charge in [-0.05, 0) is 49.9 Å². The third-order valence-electron chi connectivity index (χ3n) is 10.0. The van der Waals surface area contributed by atoms with E-state index in [4.69, 9.17) is 0 Å². The lowest BCUT2D eigenvalue weighted by molar-refractivity contribution is 0.451. The van der Waals surface area contributed by atoms with Gasteiger partial charge in [-0.25, -0.2) is 0 Å². The van der Waals surface area contributed by atoms with Crippen molar-refractivity contribution in [2.24, 2.45) is 0 Å². The maximum absolute atomic E-state index is 14.1. The summed E-state index contributed by atoms with van der Waals surface area (Å²) < 4.78 is 6.88. The molecule has 4 aromatic heterocycles. The summed E-state index contributed by atoms with van der Waals surface area (Å²) in [5, 5.41) is 9.88. The molecule has 5 aromatic carbocycles. The van der Waals surface area contributed by atoms with E-state index in [0.717, 1.165) is 61.9 Å². The highest BCUT2D eigenvalue weighted by Crippen LogP contribution is 2.55. The molecule has 0 saturated heterocycles. The van der Waals surface area contributed by atoms with Crippen molar-refractivity contribution < 1.29 is 0 Å². The van der Waals surface area contributed by atoms with Crippen molar-refractivity contribution in [2.45, 2.75) is 65.5 Å². The van der Waals surface area contributed by atoms with E-state index in [1.807, 2.05) is 52.0 Å². The van der Waals surface area contributed by atoms with Crippen LogP contribution in [0.15, 0.2) is 43.4 Å². The Morgan fingerprint density at radius 1 is 0.465 bits per heavy atom. The fourth-order valence-corrected chi connectivity index (χ4v) is 11.6. The van der Waals surface area contributed by atoms with Crippen molar-refractivity contribution in [2.75, 3.05) is 0 Å². The summed E-state index contributed by atoms with van der Waals surface area (Å²) in [6.45, 7) is 8.08. The van der Waals surface area contributed by atoms with Gasteiger partial charge in [-0.2, -0.15) is 0 Å². The maximum Gasteiger partial charge on any atom is 0.261 e. The number of hydrogen-bond donors (Lipinski definition) is 0. The average Bonchev–Trinajstić information content (AvgIpc) is 3.40. The molecule has 0 fully saturated rings. The Labute approximate surface area is 254 Å². The molecular weight excluding hydrogens is 597 g/mol. The fourth-order valence-electron chi connectivity index (χ4n) is 8.02. The van der Waals surface area contributed by atoms with Gasteiger partial charge in [-0.1, -0.05) is 48.4 Å². The van der Waals surface area contributed by atoms with E-state index in [-0.39, 0.29) is 34.3 Å². The van der Waals surface area contributed by atoms with Crippen LogP contribution in [-0.4, -0.2) is 9.13 Å². The molecule has 9 heteroatoms. The number of nitrogens with zero attached hydrogens (tertiary/aromatic N) is 2. The second-order valence-electron chi connectivity index (χ2n) is 11.9. The molecule has 0 aliphatic carbocycles. The third-order valence-corrected chi connectivity index (χ3v) is 13.5. The van der Waals surface area contributed by atoms with Crippen molar-refractivity contribution in [1.29, 1.82) is 0 Å². The standard InChI is InChI=1S/C34H26N2O4S3/c1-5-13(6-2)35-31(37)15-9-19-25-26-20(41-19)10-16-24-18(34(40)36(32(16)38)14(7-3)8-4)12-22-28(30(24)26)27-21(42-43-22)11-17(33(35)39)23(15)29(25)27/h9-14H,5-8H2,1-4H3. The number of thiophene rings is 1. The molecule has 0 radical (unpaired) electrons. The quantitative estimate of drug-likeness (QED) is 0.106. The van der Waals surface area contributed by atoms with Gasteiger partial charge in [0, 0.05) is 74.0 Å². The topological polar surface area (TPSA) is 78.1 Å². The molecule has 0 spiro atoms. The number of benzene rings is 5. The normalized spacial score (nSPS) is 13.3. The van der Waals surface area contributed by atoms with Gasteiger partial charge in [0.05, 0.1) is 21.5 Å². The van der Waals surface area contributed by atoms with Crippen LogP contribution in [0, 0.1) is 0 Å². The van der Waals surface area contributed by atoms with Gasteiger partial charge >= 0.3 is 0 Å². The van der Waals surface area contributed by atoms with Crippen LogP contribution in [0.25, 0.3) is 83.4 Å². The van der Waals surface area contributed by atoms with Crippen molar-refractivity contribution in [3.8, 4) is 0 Å². The minimum atomic E-state index is -0.227. The van der Waals surface area contributed by atoms with Crippen LogP contribution in [0.4, 0.5) is 0 Å². The van der Waals surface area contributed by atoms with E-state index >= 15 is 0 Å². The van der Waals surface area contributed by atoms with Crippen LogP contribution >= 0.6 is 32.0 Å². The summed E-state index contributed by atoms with van der Waals surface area (Å²) in [5.74, 6) is 0. The summed E-state index contributed by atoms with van der Waals surface area (Å²) in [7, 11) is 3.21. The van der Waals surface area contributed by atoms with Crippen LogP contribution in [0.2, 0.25) is 0 Å². The van der Waals surface area contributed by atoms with E-state index in [1.54, 1.807) is 32.0 Å². The van der Waals surface area contributed by atoms with E-state index in [2.05, 4.69) is 0 Å². The highest BCUT2D eigenvalue weighted by molar-refractivity contribution is 7.74. The molecule has 6 nitrogen and oxygen atoms in total. The summed E-state index contributed by atoms with van der Waals surface area (Å²) >= 11 is 1.59. The zero-order chi connectivity index (χ0) is 29.6. The van der Waals surface area contributed by atoms with Crippen LogP contribution in [-0.2, 0) is 0 Å². The molecule has 0 bridgehead atoms. The molecule has 0 unspecified atom stereocenters. The Morgan fingerprint density at radius 2 is 0.767 bits per heavy atom. The van der Waals surface area contributed by atoms with Crippen molar-refractivity contribution in [3.63, 3.8) is 0 Å². The highest BCUT2D eigenvalue weighted by Gasteiger charge is 2.30. The van der Waals surface area contributed by atoms with Gasteiger partial charge in [0.25, 0.3) is 22.2 Å². The van der Waals surface area contributed by atoms with Crippen LogP contribution in [0.3, 0.4) is 0 Å². The molecule has 9 rings (SSSR count). The lowest BCUT2D eigenvalue weighted by atomic mass is 9.86. The van der Waals surface area contributed by atoms with Gasteiger partial charge in [0.15, 0.2) is 0 Å². The third kappa shape index (κ3) is 2.85. The fraction of sp³-hybridized carbons (Fsp3) is 0.294. The van der Waals surface area contributed by atoms with Gasteiger partial charge in [-0.3, -0.25) is 28.3 Å². The first-order chi connectivity index (χ1) is 20.8. The first kappa shape index (κ1) is 25.8. The zero-order valence-corrected chi connectivity index (χ0v) is 26.5. The number of aromatic nitrogens is 2. The van der Waals surface area contributed by atoms with Crippen LogP contribution in [0.1, 0.15) is 65.5 Å². The molecule has 4 heterocycles. The summed E-state index contributed by atoms with van der Waals surface area (Å²) in [6, 6.07) is 7.57. The summed E-state index contributed by atoms with van der Waals surface area (Å²) in [6.07, 6.45) is 2.81. The Hall–Kier alpha value is -3.66. The summed E-state index contributed by atoms with van der Waals surface area (Å²) in [5.41, 5.74) is -0.889. The minimum Gasteiger partial charge on any atom is -0.271 e. The monoisotopic (exact) mass is 622 g/mol. The Bertz CT molecular complexity index is 2630. The SMILES string of the molecule is CCC(CC)n1c(=O)c2cc3ssc4cc5c(=O)n(C(CC)CC)c(=O)c6cc7sc8cc(c1=O)c2c1c3c4c(c56)c7c81. The lowest BCUT2D eigenvalue weighted by Crippen LogP contribution is -2.36. The second-order valence-corrected chi connectivity index (χ2v) is 15.2. The number of rotatable bonds is 6. The predicted octanol–water partition coefficient (Wildman–Crippen LogP) is 8.61. The van der Waals surface area contributed by atoms with E-state index in [0.29, 0.717) is 47.2 Å². The van der Waals surface area contributed by atoms with E-state index in [1.165, 1.54) is 9.13 Å². The predicted molar refractivity (Wildman–Crippen MR) is 185 cm³/mol. The smallest absolute Gasteiger partial charge is 0.261 e. The molecule has 0 atom stereocenters. The molecule has 0 saturated carbocycles. The van der Waals surface area contributed by atoms with Gasteiger partial charge in [0.1, 0.15) is 0 Å². The lowest BCUT2D eigenvalue weighted by Gasteiger charge is -2.22. The molecular formula is C34H26N2O4S3. The Morgan fingerprint density at radius 3 is 1.09 bits per heavy atom. The van der Waals surface area contributed by atoms with E-state index in [9.17, 15) is 19.2 Å². The first-order valence-electron chi connectivity index (χ1n) is 15.0.